The molecule has 0 saturated heterocycles. The SMILES string of the molecule is CC(CCO)CNS(=O)(=O)CCc1ccncc1. The van der Waals surface area contributed by atoms with Crippen molar-refractivity contribution in [1.82, 2.24) is 9.71 Å². The summed E-state index contributed by atoms with van der Waals surface area (Å²) in [6.45, 7) is 2.36. The molecule has 0 saturated carbocycles. The fourth-order valence-electron chi connectivity index (χ4n) is 1.47. The number of aliphatic hydroxyl groups is 1. The molecule has 0 aromatic carbocycles. The summed E-state index contributed by atoms with van der Waals surface area (Å²) in [4.78, 5) is 3.88. The van der Waals surface area contributed by atoms with Crippen molar-refractivity contribution in [2.24, 2.45) is 5.92 Å². The van der Waals surface area contributed by atoms with E-state index in [1.807, 2.05) is 19.1 Å². The molecule has 0 aliphatic heterocycles. The maximum absolute atomic E-state index is 11.7. The molecule has 1 heterocycles. The predicted octanol–water partition coefficient (Wildman–Crippen LogP) is 0.562. The topological polar surface area (TPSA) is 79.3 Å². The number of rotatable bonds is 8. The van der Waals surface area contributed by atoms with Gasteiger partial charge in [-0.15, -0.1) is 0 Å². The monoisotopic (exact) mass is 272 g/mol. The van der Waals surface area contributed by atoms with Gasteiger partial charge in [0.2, 0.25) is 10.0 Å². The van der Waals surface area contributed by atoms with Gasteiger partial charge < -0.3 is 5.11 Å². The van der Waals surface area contributed by atoms with Crippen LogP contribution in [0.4, 0.5) is 0 Å². The van der Waals surface area contributed by atoms with Gasteiger partial charge in [0.1, 0.15) is 0 Å². The predicted molar refractivity (Wildman–Crippen MR) is 70.6 cm³/mol. The Morgan fingerprint density at radius 1 is 1.39 bits per heavy atom. The quantitative estimate of drug-likeness (QED) is 0.725. The van der Waals surface area contributed by atoms with Gasteiger partial charge in [-0.25, -0.2) is 13.1 Å². The number of nitrogens with zero attached hydrogens (tertiary/aromatic N) is 1. The standard InChI is InChI=1S/C12H20N2O3S/c1-11(4-8-15)10-14-18(16,17)9-5-12-2-6-13-7-3-12/h2-3,6-7,11,14-15H,4-5,8-10H2,1H3. The first-order valence-corrected chi connectivity index (χ1v) is 7.66. The molecule has 0 aliphatic rings. The molecular formula is C12H20N2O3S. The van der Waals surface area contributed by atoms with Crippen molar-refractivity contribution in [3.8, 4) is 0 Å². The van der Waals surface area contributed by atoms with E-state index in [-0.39, 0.29) is 18.3 Å². The minimum absolute atomic E-state index is 0.0723. The van der Waals surface area contributed by atoms with Crippen molar-refractivity contribution in [1.29, 1.82) is 0 Å². The third-order valence-electron chi connectivity index (χ3n) is 2.68. The minimum Gasteiger partial charge on any atom is -0.396 e. The van der Waals surface area contributed by atoms with Crippen molar-refractivity contribution in [3.05, 3.63) is 30.1 Å². The van der Waals surface area contributed by atoms with Crippen LogP contribution in [0.5, 0.6) is 0 Å². The van der Waals surface area contributed by atoms with Crippen LogP contribution >= 0.6 is 0 Å². The minimum atomic E-state index is -3.25. The molecule has 6 heteroatoms. The summed E-state index contributed by atoms with van der Waals surface area (Å²) in [6.07, 6.45) is 4.39. The third kappa shape index (κ3) is 6.09. The fourth-order valence-corrected chi connectivity index (χ4v) is 2.65. The number of sulfonamides is 1. The van der Waals surface area contributed by atoms with E-state index in [1.165, 1.54) is 0 Å². The van der Waals surface area contributed by atoms with E-state index in [9.17, 15) is 8.42 Å². The van der Waals surface area contributed by atoms with Gasteiger partial charge in [-0.1, -0.05) is 6.92 Å². The number of nitrogens with one attached hydrogen (secondary N) is 1. The average Bonchev–Trinajstić information content (AvgIpc) is 2.36. The van der Waals surface area contributed by atoms with Crippen molar-refractivity contribution >= 4 is 10.0 Å². The van der Waals surface area contributed by atoms with Crippen LogP contribution in [-0.4, -0.2) is 37.4 Å². The summed E-state index contributed by atoms with van der Waals surface area (Å²) < 4.78 is 26.0. The van der Waals surface area contributed by atoms with E-state index in [4.69, 9.17) is 5.11 Å². The first kappa shape index (κ1) is 15.1. The second-order valence-electron chi connectivity index (χ2n) is 4.39. The largest absolute Gasteiger partial charge is 0.396 e. The lowest BCUT2D eigenvalue weighted by Gasteiger charge is -2.11. The molecular weight excluding hydrogens is 252 g/mol. The average molecular weight is 272 g/mol. The van der Waals surface area contributed by atoms with E-state index < -0.39 is 10.0 Å². The molecule has 0 fully saturated rings. The van der Waals surface area contributed by atoms with Crippen molar-refractivity contribution in [3.63, 3.8) is 0 Å². The maximum Gasteiger partial charge on any atom is 0.211 e. The molecule has 1 atom stereocenters. The van der Waals surface area contributed by atoms with Crippen LogP contribution in [-0.2, 0) is 16.4 Å². The molecule has 2 N–H and O–H groups in total. The third-order valence-corrected chi connectivity index (χ3v) is 4.03. The van der Waals surface area contributed by atoms with E-state index in [0.29, 0.717) is 19.4 Å². The number of aromatic nitrogens is 1. The Morgan fingerprint density at radius 2 is 2.06 bits per heavy atom. The van der Waals surface area contributed by atoms with Crippen molar-refractivity contribution in [2.75, 3.05) is 18.9 Å². The normalized spacial score (nSPS) is 13.4. The van der Waals surface area contributed by atoms with Gasteiger partial charge in [0.05, 0.1) is 5.75 Å². The lowest BCUT2D eigenvalue weighted by Crippen LogP contribution is -2.31. The van der Waals surface area contributed by atoms with Gasteiger partial charge in [0.15, 0.2) is 0 Å². The van der Waals surface area contributed by atoms with Crippen LogP contribution in [0.15, 0.2) is 24.5 Å². The summed E-state index contributed by atoms with van der Waals surface area (Å²) >= 11 is 0. The zero-order valence-electron chi connectivity index (χ0n) is 10.5. The summed E-state index contributed by atoms with van der Waals surface area (Å²) in [5.41, 5.74) is 0.957. The summed E-state index contributed by atoms with van der Waals surface area (Å²) in [5.74, 6) is 0.216. The first-order valence-electron chi connectivity index (χ1n) is 6.00. The van der Waals surface area contributed by atoms with Crippen molar-refractivity contribution in [2.45, 2.75) is 19.8 Å². The van der Waals surface area contributed by atoms with Gasteiger partial charge in [-0.05, 0) is 36.5 Å². The summed E-state index contributed by atoms with van der Waals surface area (Å²) in [7, 11) is -3.25. The lowest BCUT2D eigenvalue weighted by atomic mass is 10.1. The highest BCUT2D eigenvalue weighted by atomic mass is 32.2. The van der Waals surface area contributed by atoms with Gasteiger partial charge in [-0.2, -0.15) is 0 Å². The number of hydrogen-bond donors (Lipinski definition) is 2. The number of hydrogen-bond acceptors (Lipinski definition) is 4. The molecule has 1 aromatic rings. The van der Waals surface area contributed by atoms with E-state index in [2.05, 4.69) is 9.71 Å². The van der Waals surface area contributed by atoms with E-state index in [0.717, 1.165) is 5.56 Å². The molecule has 0 spiro atoms. The molecule has 1 aromatic heterocycles. The van der Waals surface area contributed by atoms with Crippen LogP contribution in [0.2, 0.25) is 0 Å². The van der Waals surface area contributed by atoms with Gasteiger partial charge in [0.25, 0.3) is 0 Å². The zero-order chi connectivity index (χ0) is 13.4. The number of aryl methyl sites for hydroxylation is 1. The molecule has 1 rings (SSSR count). The molecule has 102 valence electrons. The van der Waals surface area contributed by atoms with Crippen molar-refractivity contribution < 1.29 is 13.5 Å². The van der Waals surface area contributed by atoms with Gasteiger partial charge in [0, 0.05) is 25.5 Å². The van der Waals surface area contributed by atoms with Crippen LogP contribution < -0.4 is 4.72 Å². The van der Waals surface area contributed by atoms with Gasteiger partial charge >= 0.3 is 0 Å². The van der Waals surface area contributed by atoms with E-state index >= 15 is 0 Å². The highest BCUT2D eigenvalue weighted by Crippen LogP contribution is 2.02. The molecule has 18 heavy (non-hydrogen) atoms. The lowest BCUT2D eigenvalue weighted by molar-refractivity contribution is 0.263. The molecule has 5 nitrogen and oxygen atoms in total. The van der Waals surface area contributed by atoms with E-state index in [1.54, 1.807) is 12.4 Å². The molecule has 0 radical (unpaired) electrons. The Hall–Kier alpha value is -0.980. The van der Waals surface area contributed by atoms with Crippen LogP contribution in [0.1, 0.15) is 18.9 Å². The zero-order valence-corrected chi connectivity index (χ0v) is 11.4. The fraction of sp³-hybridized carbons (Fsp3) is 0.583. The Morgan fingerprint density at radius 3 is 2.67 bits per heavy atom. The van der Waals surface area contributed by atoms with Crippen LogP contribution in [0.25, 0.3) is 0 Å². The Balaban J connectivity index is 2.36. The Labute approximate surface area is 108 Å². The second kappa shape index (κ2) is 7.45. The smallest absolute Gasteiger partial charge is 0.211 e. The summed E-state index contributed by atoms with van der Waals surface area (Å²) in [6, 6.07) is 3.62. The maximum atomic E-state index is 11.7. The summed E-state index contributed by atoms with van der Waals surface area (Å²) in [5, 5.41) is 8.74. The number of aliphatic hydroxyl groups excluding tert-OH is 1. The highest BCUT2D eigenvalue weighted by Gasteiger charge is 2.12. The molecule has 0 aliphatic carbocycles. The Bertz CT molecular complexity index is 434. The Kier molecular flexibility index (Phi) is 6.24. The number of pyridine rings is 1. The molecule has 1 unspecified atom stereocenters. The molecule has 0 amide bonds. The second-order valence-corrected chi connectivity index (χ2v) is 6.32. The highest BCUT2D eigenvalue weighted by molar-refractivity contribution is 7.89. The first-order chi connectivity index (χ1) is 8.53. The van der Waals surface area contributed by atoms with Crippen LogP contribution in [0, 0.1) is 5.92 Å². The van der Waals surface area contributed by atoms with Gasteiger partial charge in [-0.3, -0.25) is 4.98 Å². The molecule has 0 bridgehead atoms. The van der Waals surface area contributed by atoms with Crippen LogP contribution in [0.3, 0.4) is 0 Å².